The van der Waals surface area contributed by atoms with Gasteiger partial charge < -0.3 is 0 Å². The topological polar surface area (TPSA) is 0 Å². The number of halogens is 13. The first-order chi connectivity index (χ1) is 13.8. The van der Waals surface area contributed by atoms with Gasteiger partial charge in [0.2, 0.25) is 0 Å². The molecule has 31 heavy (non-hydrogen) atoms. The Labute approximate surface area is 170 Å². The maximum atomic E-state index is 13.6. The molecule has 0 aliphatic rings. The zero-order valence-electron chi connectivity index (χ0n) is 14.9. The monoisotopic (exact) mass is 496 g/mol. The van der Waals surface area contributed by atoms with Gasteiger partial charge in [-0.3, -0.25) is 0 Å². The zero-order chi connectivity index (χ0) is 24.5. The van der Waals surface area contributed by atoms with E-state index >= 15 is 0 Å². The molecular formula is C17H13F13S. The predicted octanol–water partition coefficient (Wildman–Crippen LogP) is 7.23. The highest BCUT2D eigenvalue weighted by atomic mass is 32.1. The number of rotatable bonds is 9. The molecule has 0 heterocycles. The summed E-state index contributed by atoms with van der Waals surface area (Å²) in [6.07, 6.45) is -8.23. The fourth-order valence-electron chi connectivity index (χ4n) is 2.04. The second kappa shape index (κ2) is 8.66. The molecule has 0 aliphatic heterocycles. The summed E-state index contributed by atoms with van der Waals surface area (Å²) < 4.78 is 169. The highest BCUT2D eigenvalue weighted by molar-refractivity contribution is 7.96. The summed E-state index contributed by atoms with van der Waals surface area (Å²) in [7, 11) is 0. The van der Waals surface area contributed by atoms with Gasteiger partial charge in [0.15, 0.2) is 0 Å². The predicted molar refractivity (Wildman–Crippen MR) is 90.7 cm³/mol. The number of hydrogen-bond donors (Lipinski definition) is 1. The molecule has 1 aromatic rings. The van der Waals surface area contributed by atoms with Crippen molar-refractivity contribution >= 4 is 22.8 Å². The van der Waals surface area contributed by atoms with Crippen LogP contribution in [0.5, 0.6) is 0 Å². The third kappa shape index (κ3) is 4.87. The smallest absolute Gasteiger partial charge is 0.200 e. The summed E-state index contributed by atoms with van der Waals surface area (Å²) in [6.45, 7) is 3.47. The highest BCUT2D eigenvalue weighted by Crippen LogP contribution is 2.60. The fourth-order valence-corrected chi connectivity index (χ4v) is 2.95. The lowest BCUT2D eigenvalue weighted by atomic mass is 9.93. The Morgan fingerprint density at radius 1 is 0.677 bits per heavy atom. The van der Waals surface area contributed by atoms with E-state index in [0.717, 1.165) is 0 Å². The number of hydrogen-bond acceptors (Lipinski definition) is 0. The minimum Gasteiger partial charge on any atom is -0.200 e. The molecule has 1 aromatic carbocycles. The maximum absolute atomic E-state index is 13.6. The van der Waals surface area contributed by atoms with Crippen molar-refractivity contribution < 1.29 is 57.1 Å². The summed E-state index contributed by atoms with van der Waals surface area (Å²) in [6, 6.07) is 6.06. The minimum absolute atomic E-state index is 0.0994. The summed E-state index contributed by atoms with van der Waals surface area (Å²) in [4.78, 5) is 0. The van der Waals surface area contributed by atoms with Crippen molar-refractivity contribution in [1.29, 1.82) is 0 Å². The van der Waals surface area contributed by atoms with Crippen molar-refractivity contribution in [3.05, 3.63) is 42.0 Å². The average molecular weight is 496 g/mol. The van der Waals surface area contributed by atoms with Crippen molar-refractivity contribution in [2.45, 2.75) is 48.0 Å². The SMILES string of the molecule is C=Cc1ccc(C[SH]=CCC(F)(F)C(F)(F)C(F)(F)C(F)(F)C(F)(F)C(F)(F)F)cc1. The summed E-state index contributed by atoms with van der Waals surface area (Å²) in [5, 5.41) is 0.283. The Bertz CT molecular complexity index is 791. The Kier molecular flexibility index (Phi) is 7.63. The summed E-state index contributed by atoms with van der Waals surface area (Å²) >= 11 is -0.174. The molecule has 0 N–H and O–H groups in total. The van der Waals surface area contributed by atoms with Crippen LogP contribution in [-0.4, -0.2) is 41.2 Å². The van der Waals surface area contributed by atoms with Crippen LogP contribution in [0.4, 0.5) is 57.1 Å². The molecule has 1 rings (SSSR count). The maximum Gasteiger partial charge on any atom is 0.460 e. The zero-order valence-corrected chi connectivity index (χ0v) is 15.8. The van der Waals surface area contributed by atoms with Crippen LogP contribution < -0.4 is 0 Å². The van der Waals surface area contributed by atoms with Crippen LogP contribution in [-0.2, 0) is 5.75 Å². The number of alkyl halides is 13. The number of thiol groups is 1. The Balaban J connectivity index is 3.08. The molecule has 0 amide bonds. The molecule has 14 heteroatoms. The molecule has 0 unspecified atom stereocenters. The van der Waals surface area contributed by atoms with Gasteiger partial charge >= 0.3 is 35.8 Å². The molecule has 0 nitrogen and oxygen atoms in total. The van der Waals surface area contributed by atoms with Crippen molar-refractivity contribution in [2.24, 2.45) is 0 Å². The molecule has 0 aliphatic carbocycles. The first-order valence-corrected chi connectivity index (χ1v) is 9.06. The lowest BCUT2D eigenvalue weighted by molar-refractivity contribution is -0.439. The minimum atomic E-state index is -7.87. The second-order valence-electron chi connectivity index (χ2n) is 6.17. The first kappa shape index (κ1) is 27.3. The van der Waals surface area contributed by atoms with Gasteiger partial charge in [0, 0.05) is 12.2 Å². The average Bonchev–Trinajstić information content (AvgIpc) is 2.64. The van der Waals surface area contributed by atoms with Crippen LogP contribution in [0.25, 0.3) is 6.08 Å². The van der Waals surface area contributed by atoms with E-state index in [9.17, 15) is 57.1 Å². The molecule has 0 fully saturated rings. The normalized spacial score (nSPS) is 15.1. The highest BCUT2D eigenvalue weighted by Gasteiger charge is 2.90. The molecule has 0 spiro atoms. The molecule has 0 aromatic heterocycles. The van der Waals surface area contributed by atoms with Crippen LogP contribution in [0, 0.1) is 0 Å². The first-order valence-electron chi connectivity index (χ1n) is 7.91. The largest absolute Gasteiger partial charge is 0.460 e. The van der Waals surface area contributed by atoms with E-state index in [1.165, 1.54) is 18.2 Å². The van der Waals surface area contributed by atoms with Crippen LogP contribution in [0.3, 0.4) is 0 Å². The van der Waals surface area contributed by atoms with Gasteiger partial charge in [0.05, 0.1) is 0 Å². The summed E-state index contributed by atoms with van der Waals surface area (Å²) in [5.74, 6) is -36.7. The molecule has 0 saturated carbocycles. The van der Waals surface area contributed by atoms with Gasteiger partial charge in [0.1, 0.15) is 0 Å². The van der Waals surface area contributed by atoms with Gasteiger partial charge in [-0.15, -0.1) is 0 Å². The molecule has 0 bridgehead atoms. The van der Waals surface area contributed by atoms with Crippen LogP contribution in [0.15, 0.2) is 30.8 Å². The van der Waals surface area contributed by atoms with E-state index in [2.05, 4.69) is 6.58 Å². The Morgan fingerprint density at radius 3 is 1.55 bits per heavy atom. The van der Waals surface area contributed by atoms with Crippen molar-refractivity contribution in [3.8, 4) is 0 Å². The Morgan fingerprint density at radius 2 is 1.13 bits per heavy atom. The van der Waals surface area contributed by atoms with E-state index in [-0.39, 0.29) is 22.5 Å². The third-order valence-electron chi connectivity index (χ3n) is 3.96. The quantitative estimate of drug-likeness (QED) is 0.208. The molecular weight excluding hydrogens is 483 g/mol. The molecule has 0 saturated heterocycles. The molecule has 178 valence electrons. The third-order valence-corrected chi connectivity index (χ3v) is 4.95. The van der Waals surface area contributed by atoms with E-state index in [1.807, 2.05) is 0 Å². The van der Waals surface area contributed by atoms with Gasteiger partial charge in [-0.25, -0.2) is 0 Å². The summed E-state index contributed by atoms with van der Waals surface area (Å²) in [5.41, 5.74) is 1.15. The van der Waals surface area contributed by atoms with E-state index in [1.54, 1.807) is 12.1 Å². The lowest BCUT2D eigenvalue weighted by Crippen LogP contribution is -2.70. The van der Waals surface area contributed by atoms with E-state index < -0.39 is 42.2 Å². The van der Waals surface area contributed by atoms with Gasteiger partial charge in [0.25, 0.3) is 0 Å². The number of benzene rings is 1. The molecule has 0 atom stereocenters. The van der Waals surface area contributed by atoms with Crippen LogP contribution in [0.2, 0.25) is 0 Å². The molecule has 0 radical (unpaired) electrons. The van der Waals surface area contributed by atoms with Gasteiger partial charge in [-0.05, 0) is 11.1 Å². The van der Waals surface area contributed by atoms with Gasteiger partial charge in [-0.1, -0.05) is 42.3 Å². The van der Waals surface area contributed by atoms with Crippen molar-refractivity contribution in [3.63, 3.8) is 0 Å². The van der Waals surface area contributed by atoms with Crippen LogP contribution >= 0.6 is 11.4 Å². The van der Waals surface area contributed by atoms with Gasteiger partial charge in [-0.2, -0.15) is 68.4 Å². The van der Waals surface area contributed by atoms with Crippen molar-refractivity contribution in [2.75, 3.05) is 0 Å². The second-order valence-corrected chi connectivity index (χ2v) is 7.22. The lowest BCUT2D eigenvalue weighted by Gasteiger charge is -2.39. The van der Waals surface area contributed by atoms with Crippen LogP contribution in [0.1, 0.15) is 17.5 Å². The fraction of sp³-hybridized carbons (Fsp3) is 0.471. The Hall–Kier alpha value is -1.73. The van der Waals surface area contributed by atoms with Crippen molar-refractivity contribution in [1.82, 2.24) is 0 Å². The van der Waals surface area contributed by atoms with E-state index in [4.69, 9.17) is 0 Å². The van der Waals surface area contributed by atoms with E-state index in [0.29, 0.717) is 11.1 Å². The standard InChI is InChI=1S/C17H13F13S/c1-2-10-3-5-11(6-4-10)9-31-8-7-12(18,19)13(20,21)14(22,23)15(24,25)16(26,27)17(28,29)30/h2-6,8,31H,1,7,9H2.